The third kappa shape index (κ3) is 1.41. The molecule has 2 heterocycles. The Labute approximate surface area is 119 Å². The van der Waals surface area contributed by atoms with Gasteiger partial charge in [-0.05, 0) is 37.0 Å². The molecule has 0 spiro atoms. The van der Waals surface area contributed by atoms with Gasteiger partial charge in [-0.15, -0.1) is 0 Å². The molecule has 21 heavy (non-hydrogen) atoms. The molecule has 0 aromatic heterocycles. The Bertz CT molecular complexity index is 644. The van der Waals surface area contributed by atoms with E-state index in [9.17, 15) is 18.0 Å². The fourth-order valence-corrected chi connectivity index (χ4v) is 4.43. The number of primary amides is 1. The number of nitrogens with two attached hydrogens (primary N) is 1. The van der Waals surface area contributed by atoms with Crippen molar-refractivity contribution in [2.45, 2.75) is 37.1 Å². The molecule has 3 nitrogen and oxygen atoms in total. The third-order valence-corrected chi connectivity index (χ3v) is 5.41. The number of carbonyl (C=O) groups excluding carboxylic acids is 1. The van der Waals surface area contributed by atoms with E-state index in [2.05, 4.69) is 0 Å². The number of halogens is 3. The highest BCUT2D eigenvalue weighted by Gasteiger charge is 2.81. The molecule has 4 atom stereocenters. The molecule has 112 valence electrons. The van der Waals surface area contributed by atoms with E-state index in [4.69, 9.17) is 10.5 Å². The molecule has 0 radical (unpaired) electrons. The number of rotatable bonds is 2. The molecule has 1 saturated carbocycles. The highest BCUT2D eigenvalue weighted by Crippen LogP contribution is 2.76. The topological polar surface area (TPSA) is 52.3 Å². The number of alkyl halides is 3. The predicted molar refractivity (Wildman–Crippen MR) is 67.0 cm³/mol. The minimum absolute atomic E-state index is 0.0490. The lowest BCUT2D eigenvalue weighted by Gasteiger charge is -2.34. The van der Waals surface area contributed by atoms with E-state index < -0.39 is 28.7 Å². The van der Waals surface area contributed by atoms with Crippen molar-refractivity contribution in [3.63, 3.8) is 0 Å². The van der Waals surface area contributed by atoms with E-state index in [0.717, 1.165) is 18.6 Å². The summed E-state index contributed by atoms with van der Waals surface area (Å²) in [6.07, 6.45) is -2.50. The first-order valence-corrected chi connectivity index (χ1v) is 6.97. The van der Waals surface area contributed by atoms with Crippen LogP contribution in [0.5, 0.6) is 0 Å². The summed E-state index contributed by atoms with van der Waals surface area (Å²) >= 11 is 0. The third-order valence-electron chi connectivity index (χ3n) is 5.41. The van der Waals surface area contributed by atoms with Gasteiger partial charge in [0, 0.05) is 5.92 Å². The largest absolute Gasteiger partial charge is 0.416 e. The smallest absolute Gasteiger partial charge is 0.369 e. The van der Waals surface area contributed by atoms with Crippen LogP contribution in [0.2, 0.25) is 0 Å². The molecule has 1 aromatic rings. The second-order valence-corrected chi connectivity index (χ2v) is 6.25. The van der Waals surface area contributed by atoms with Crippen LogP contribution >= 0.6 is 0 Å². The zero-order chi connectivity index (χ0) is 15.0. The molecule has 1 aromatic carbocycles. The molecule has 6 heteroatoms. The molecule has 1 amide bonds. The maximum atomic E-state index is 12.9. The van der Waals surface area contributed by atoms with E-state index in [1.165, 1.54) is 6.07 Å². The van der Waals surface area contributed by atoms with Gasteiger partial charge < -0.3 is 10.5 Å². The minimum Gasteiger partial charge on any atom is -0.369 e. The quantitative estimate of drug-likeness (QED) is 0.912. The van der Waals surface area contributed by atoms with Crippen LogP contribution < -0.4 is 5.73 Å². The van der Waals surface area contributed by atoms with Crippen molar-refractivity contribution >= 4 is 5.91 Å². The standard InChI is InChI=1S/C15H14F3NO2/c16-15(17,18)9-3-1-2-8(6-9)14-5-4-11(21-14)10-7-13(10,14)12(19)20/h1-3,6,10-11H,4-5,7H2,(H2,19,20). The first-order valence-electron chi connectivity index (χ1n) is 6.97. The van der Waals surface area contributed by atoms with Crippen molar-refractivity contribution in [2.75, 3.05) is 0 Å². The molecule has 1 aliphatic carbocycles. The number of hydrogen-bond acceptors (Lipinski definition) is 2. The monoisotopic (exact) mass is 297 g/mol. The highest BCUT2D eigenvalue weighted by molar-refractivity contribution is 5.87. The summed E-state index contributed by atoms with van der Waals surface area (Å²) in [5.74, 6) is -0.384. The van der Waals surface area contributed by atoms with Crippen molar-refractivity contribution < 1.29 is 22.7 Å². The number of amides is 1. The fraction of sp³-hybridized carbons (Fsp3) is 0.533. The van der Waals surface area contributed by atoms with Crippen LogP contribution in [0.3, 0.4) is 0 Å². The number of carbonyl (C=O) groups is 1. The molecule has 3 fully saturated rings. The van der Waals surface area contributed by atoms with Crippen molar-refractivity contribution in [3.8, 4) is 0 Å². The summed E-state index contributed by atoms with van der Waals surface area (Å²) in [5.41, 5.74) is 3.51. The lowest BCUT2D eigenvalue weighted by atomic mass is 9.72. The number of fused-ring (bicyclic) bond motifs is 5. The van der Waals surface area contributed by atoms with Gasteiger partial charge in [0.15, 0.2) is 0 Å². The molecule has 4 unspecified atom stereocenters. The van der Waals surface area contributed by atoms with E-state index in [1.54, 1.807) is 6.07 Å². The average Bonchev–Trinajstić information content (AvgIpc) is 2.99. The Hall–Kier alpha value is -1.56. The summed E-state index contributed by atoms with van der Waals surface area (Å²) < 4.78 is 44.7. The summed E-state index contributed by atoms with van der Waals surface area (Å²) in [7, 11) is 0. The normalized spacial score (nSPS) is 40.1. The zero-order valence-corrected chi connectivity index (χ0v) is 11.1. The van der Waals surface area contributed by atoms with E-state index >= 15 is 0 Å². The average molecular weight is 297 g/mol. The zero-order valence-electron chi connectivity index (χ0n) is 11.1. The number of ether oxygens (including phenoxy) is 1. The van der Waals surface area contributed by atoms with Crippen molar-refractivity contribution in [3.05, 3.63) is 35.4 Å². The van der Waals surface area contributed by atoms with Gasteiger partial charge >= 0.3 is 6.18 Å². The molecule has 4 rings (SSSR count). The minimum atomic E-state index is -4.41. The van der Waals surface area contributed by atoms with Crippen molar-refractivity contribution in [2.24, 2.45) is 17.1 Å². The Morgan fingerprint density at radius 1 is 1.38 bits per heavy atom. The summed E-state index contributed by atoms with van der Waals surface area (Å²) in [4.78, 5) is 11.9. The predicted octanol–water partition coefficient (Wildman–Crippen LogP) is 2.58. The van der Waals surface area contributed by atoms with Crippen LogP contribution in [0.15, 0.2) is 24.3 Å². The van der Waals surface area contributed by atoms with E-state index in [1.807, 2.05) is 0 Å². The van der Waals surface area contributed by atoms with Gasteiger partial charge in [0.25, 0.3) is 0 Å². The fourth-order valence-electron chi connectivity index (χ4n) is 4.43. The Morgan fingerprint density at radius 3 is 2.81 bits per heavy atom. The number of hydrogen-bond donors (Lipinski definition) is 1. The van der Waals surface area contributed by atoms with Gasteiger partial charge in [-0.25, -0.2) is 0 Å². The van der Waals surface area contributed by atoms with E-state index in [0.29, 0.717) is 18.4 Å². The first kappa shape index (κ1) is 13.1. The maximum absolute atomic E-state index is 12.9. The highest BCUT2D eigenvalue weighted by atomic mass is 19.4. The van der Waals surface area contributed by atoms with Crippen LogP contribution in [0.1, 0.15) is 30.4 Å². The number of benzene rings is 1. The van der Waals surface area contributed by atoms with Crippen LogP contribution in [-0.4, -0.2) is 12.0 Å². The van der Waals surface area contributed by atoms with Crippen molar-refractivity contribution in [1.29, 1.82) is 0 Å². The molecule has 3 aliphatic rings. The van der Waals surface area contributed by atoms with Crippen LogP contribution in [0.4, 0.5) is 13.2 Å². The lowest BCUT2D eigenvalue weighted by molar-refractivity contribution is -0.138. The van der Waals surface area contributed by atoms with Crippen LogP contribution in [0.25, 0.3) is 0 Å². The second kappa shape index (κ2) is 3.61. The van der Waals surface area contributed by atoms with E-state index in [-0.39, 0.29) is 12.0 Å². The molecular weight excluding hydrogens is 283 g/mol. The van der Waals surface area contributed by atoms with Gasteiger partial charge in [0.1, 0.15) is 5.60 Å². The first-order chi connectivity index (χ1) is 9.81. The summed E-state index contributed by atoms with van der Waals surface area (Å²) in [6, 6.07) is 5.12. The van der Waals surface area contributed by atoms with Gasteiger partial charge in [-0.1, -0.05) is 12.1 Å². The maximum Gasteiger partial charge on any atom is 0.416 e. The Morgan fingerprint density at radius 2 is 2.14 bits per heavy atom. The summed E-state index contributed by atoms with van der Waals surface area (Å²) in [5, 5.41) is 0. The van der Waals surface area contributed by atoms with Crippen LogP contribution in [-0.2, 0) is 21.3 Å². The molecule has 2 bridgehead atoms. The Kier molecular flexibility index (Phi) is 2.25. The van der Waals surface area contributed by atoms with Crippen molar-refractivity contribution in [1.82, 2.24) is 0 Å². The van der Waals surface area contributed by atoms with Gasteiger partial charge in [-0.2, -0.15) is 13.2 Å². The molecule has 2 saturated heterocycles. The lowest BCUT2D eigenvalue weighted by Crippen LogP contribution is -2.43. The molecule has 2 N–H and O–H groups in total. The molecular formula is C15H14F3NO2. The Balaban J connectivity index is 1.84. The SMILES string of the molecule is NC(=O)C12CC1C1CCC2(c2cccc(C(F)(F)F)c2)O1. The van der Waals surface area contributed by atoms with Crippen LogP contribution in [0, 0.1) is 11.3 Å². The van der Waals surface area contributed by atoms with Gasteiger partial charge in [0.05, 0.1) is 17.1 Å². The molecule has 2 aliphatic heterocycles. The van der Waals surface area contributed by atoms with Gasteiger partial charge in [-0.3, -0.25) is 4.79 Å². The summed E-state index contributed by atoms with van der Waals surface area (Å²) in [6.45, 7) is 0. The van der Waals surface area contributed by atoms with Gasteiger partial charge in [0.2, 0.25) is 5.91 Å². The second-order valence-electron chi connectivity index (χ2n) is 6.25.